The van der Waals surface area contributed by atoms with E-state index in [1.165, 1.54) is 6.42 Å². The molecule has 0 radical (unpaired) electrons. The van der Waals surface area contributed by atoms with Crippen LogP contribution in [0.4, 0.5) is 5.82 Å². The molecule has 0 atom stereocenters. The fraction of sp³-hybridized carbons (Fsp3) is 0.562. The number of piperidine rings is 1. The van der Waals surface area contributed by atoms with E-state index >= 15 is 0 Å². The third kappa shape index (κ3) is 3.48. The van der Waals surface area contributed by atoms with Gasteiger partial charge in [0.05, 0.1) is 0 Å². The van der Waals surface area contributed by atoms with Crippen molar-refractivity contribution in [1.29, 1.82) is 0 Å². The Hall–Kier alpha value is -1.43. The maximum atomic E-state index is 12.3. The average Bonchev–Trinajstić information content (AvgIpc) is 2.48. The normalized spacial score (nSPS) is 19.6. The van der Waals surface area contributed by atoms with Crippen LogP contribution in [0.15, 0.2) is 22.8 Å². The first-order valence-corrected chi connectivity index (χ1v) is 8.64. The van der Waals surface area contributed by atoms with Crippen LogP contribution in [0.5, 0.6) is 0 Å². The van der Waals surface area contributed by atoms with Crippen molar-refractivity contribution in [3.8, 4) is 0 Å². The first-order chi connectivity index (χ1) is 10.6. The Balaban J connectivity index is 1.49. The van der Waals surface area contributed by atoms with Crippen molar-refractivity contribution >= 4 is 33.6 Å². The standard InChI is InChI=1S/C16H20BrN3O2/c17-13-4-5-14(18-10-13)19-15(21)11-6-8-20(9-7-11)16(22)12-2-1-3-12/h4-5,10-12H,1-3,6-9H2,(H,18,19,21). The predicted octanol–water partition coefficient (Wildman–Crippen LogP) is 2.82. The first kappa shape index (κ1) is 15.5. The van der Waals surface area contributed by atoms with Crippen LogP contribution in [0, 0.1) is 11.8 Å². The van der Waals surface area contributed by atoms with Gasteiger partial charge in [0.2, 0.25) is 11.8 Å². The molecule has 5 nitrogen and oxygen atoms in total. The van der Waals surface area contributed by atoms with Gasteiger partial charge in [-0.25, -0.2) is 4.98 Å². The second kappa shape index (κ2) is 6.77. The average molecular weight is 366 g/mol. The maximum Gasteiger partial charge on any atom is 0.228 e. The van der Waals surface area contributed by atoms with E-state index in [1.807, 2.05) is 11.0 Å². The third-order valence-electron chi connectivity index (χ3n) is 4.61. The lowest BCUT2D eigenvalue weighted by Crippen LogP contribution is -2.45. The second-order valence-corrected chi connectivity index (χ2v) is 6.99. The van der Waals surface area contributed by atoms with Gasteiger partial charge in [-0.05, 0) is 53.7 Å². The fourth-order valence-electron chi connectivity index (χ4n) is 2.95. The first-order valence-electron chi connectivity index (χ1n) is 7.84. The SMILES string of the molecule is O=C(Nc1ccc(Br)cn1)C1CCN(C(=O)C2CCC2)CC1. The molecular formula is C16H20BrN3O2. The molecule has 1 saturated heterocycles. The Bertz CT molecular complexity index is 549. The van der Waals surface area contributed by atoms with Crippen LogP contribution in [0.25, 0.3) is 0 Å². The van der Waals surface area contributed by atoms with Gasteiger partial charge in [0.15, 0.2) is 0 Å². The van der Waals surface area contributed by atoms with Crippen molar-refractivity contribution in [2.24, 2.45) is 11.8 Å². The Morgan fingerprint density at radius 3 is 2.41 bits per heavy atom. The van der Waals surface area contributed by atoms with Gasteiger partial charge < -0.3 is 10.2 Å². The van der Waals surface area contributed by atoms with E-state index in [9.17, 15) is 9.59 Å². The summed E-state index contributed by atoms with van der Waals surface area (Å²) < 4.78 is 0.883. The minimum absolute atomic E-state index is 0.00515. The van der Waals surface area contributed by atoms with Crippen LogP contribution in [-0.4, -0.2) is 34.8 Å². The monoisotopic (exact) mass is 365 g/mol. The molecule has 0 spiro atoms. The maximum absolute atomic E-state index is 12.3. The number of hydrogen-bond donors (Lipinski definition) is 1. The molecule has 118 valence electrons. The number of nitrogens with one attached hydrogen (secondary N) is 1. The van der Waals surface area contributed by atoms with Gasteiger partial charge in [0, 0.05) is 35.6 Å². The second-order valence-electron chi connectivity index (χ2n) is 6.08. The number of likely N-dealkylation sites (tertiary alicyclic amines) is 1. The van der Waals surface area contributed by atoms with Crippen molar-refractivity contribution in [2.45, 2.75) is 32.1 Å². The van der Waals surface area contributed by atoms with Gasteiger partial charge in [-0.3, -0.25) is 9.59 Å². The van der Waals surface area contributed by atoms with Gasteiger partial charge in [0.25, 0.3) is 0 Å². The summed E-state index contributed by atoms with van der Waals surface area (Å²) in [6.07, 6.45) is 6.38. The highest BCUT2D eigenvalue weighted by Crippen LogP contribution is 2.30. The van der Waals surface area contributed by atoms with Crippen molar-refractivity contribution in [3.05, 3.63) is 22.8 Å². The Kier molecular flexibility index (Phi) is 4.76. The molecule has 2 heterocycles. The zero-order valence-corrected chi connectivity index (χ0v) is 14.0. The fourth-order valence-corrected chi connectivity index (χ4v) is 3.19. The van der Waals surface area contributed by atoms with E-state index in [1.54, 1.807) is 12.3 Å². The van der Waals surface area contributed by atoms with Gasteiger partial charge in [-0.1, -0.05) is 6.42 Å². The van der Waals surface area contributed by atoms with Crippen LogP contribution in [0.1, 0.15) is 32.1 Å². The smallest absolute Gasteiger partial charge is 0.228 e. The van der Waals surface area contributed by atoms with E-state index in [-0.39, 0.29) is 17.7 Å². The molecule has 0 unspecified atom stereocenters. The molecule has 2 aliphatic rings. The summed E-state index contributed by atoms with van der Waals surface area (Å²) in [4.78, 5) is 30.5. The van der Waals surface area contributed by atoms with E-state index in [0.717, 1.165) is 30.2 Å². The van der Waals surface area contributed by atoms with Crippen LogP contribution < -0.4 is 5.32 Å². The summed E-state index contributed by atoms with van der Waals surface area (Å²) in [6, 6.07) is 3.62. The number of aromatic nitrogens is 1. The summed E-state index contributed by atoms with van der Waals surface area (Å²) in [5.41, 5.74) is 0. The number of carbonyl (C=O) groups is 2. The molecule has 1 aliphatic carbocycles. The van der Waals surface area contributed by atoms with Crippen LogP contribution in [0.2, 0.25) is 0 Å². The van der Waals surface area contributed by atoms with Crippen LogP contribution in [0.3, 0.4) is 0 Å². The Morgan fingerprint density at radius 1 is 1.14 bits per heavy atom. The number of nitrogens with zero attached hydrogens (tertiary/aromatic N) is 2. The molecule has 0 bridgehead atoms. The summed E-state index contributed by atoms with van der Waals surface area (Å²) >= 11 is 3.32. The van der Waals surface area contributed by atoms with Gasteiger partial charge in [-0.2, -0.15) is 0 Å². The molecule has 1 aromatic rings. The molecule has 1 aliphatic heterocycles. The number of halogens is 1. The zero-order valence-electron chi connectivity index (χ0n) is 12.4. The van der Waals surface area contributed by atoms with E-state index < -0.39 is 0 Å². The summed E-state index contributed by atoms with van der Waals surface area (Å²) in [5.74, 6) is 1.08. The summed E-state index contributed by atoms with van der Waals surface area (Å²) in [6.45, 7) is 1.39. The highest BCUT2D eigenvalue weighted by atomic mass is 79.9. The summed E-state index contributed by atoms with van der Waals surface area (Å²) in [5, 5.41) is 2.85. The van der Waals surface area contributed by atoms with Crippen molar-refractivity contribution in [2.75, 3.05) is 18.4 Å². The highest BCUT2D eigenvalue weighted by molar-refractivity contribution is 9.10. The molecule has 1 saturated carbocycles. The minimum Gasteiger partial charge on any atom is -0.342 e. The highest BCUT2D eigenvalue weighted by Gasteiger charge is 2.33. The van der Waals surface area contributed by atoms with E-state index in [4.69, 9.17) is 0 Å². The molecule has 0 aromatic carbocycles. The van der Waals surface area contributed by atoms with E-state index in [0.29, 0.717) is 24.8 Å². The van der Waals surface area contributed by atoms with Crippen molar-refractivity contribution in [3.63, 3.8) is 0 Å². The molecule has 1 N–H and O–H groups in total. The molecule has 2 fully saturated rings. The van der Waals surface area contributed by atoms with Gasteiger partial charge in [-0.15, -0.1) is 0 Å². The number of rotatable bonds is 3. The number of carbonyl (C=O) groups excluding carboxylic acids is 2. The molecule has 3 rings (SSSR count). The van der Waals surface area contributed by atoms with E-state index in [2.05, 4.69) is 26.2 Å². The van der Waals surface area contributed by atoms with Crippen LogP contribution in [-0.2, 0) is 9.59 Å². The number of anilines is 1. The predicted molar refractivity (Wildman–Crippen MR) is 87.2 cm³/mol. The van der Waals surface area contributed by atoms with Crippen molar-refractivity contribution < 1.29 is 9.59 Å². The summed E-state index contributed by atoms with van der Waals surface area (Å²) in [7, 11) is 0. The third-order valence-corrected chi connectivity index (χ3v) is 5.08. The molecule has 2 amide bonds. The molecule has 22 heavy (non-hydrogen) atoms. The largest absolute Gasteiger partial charge is 0.342 e. The number of amides is 2. The van der Waals surface area contributed by atoms with Gasteiger partial charge >= 0.3 is 0 Å². The van der Waals surface area contributed by atoms with Crippen molar-refractivity contribution in [1.82, 2.24) is 9.88 Å². The topological polar surface area (TPSA) is 62.3 Å². The molecule has 1 aromatic heterocycles. The van der Waals surface area contributed by atoms with Crippen LogP contribution >= 0.6 is 15.9 Å². The number of pyridine rings is 1. The molecular weight excluding hydrogens is 346 g/mol. The van der Waals surface area contributed by atoms with Gasteiger partial charge in [0.1, 0.15) is 5.82 Å². The number of hydrogen-bond acceptors (Lipinski definition) is 3. The molecule has 6 heteroatoms. The minimum atomic E-state index is -0.0316. The Morgan fingerprint density at radius 2 is 1.86 bits per heavy atom. The lowest BCUT2D eigenvalue weighted by molar-refractivity contribution is -0.140. The zero-order chi connectivity index (χ0) is 15.5. The Labute approximate surface area is 138 Å². The quantitative estimate of drug-likeness (QED) is 0.895. The lowest BCUT2D eigenvalue weighted by Gasteiger charge is -2.36. The lowest BCUT2D eigenvalue weighted by atomic mass is 9.83.